The fraction of sp³-hybridized carbons (Fsp3) is 0.556. The van der Waals surface area contributed by atoms with E-state index in [1.165, 1.54) is 17.3 Å². The van der Waals surface area contributed by atoms with Crippen molar-refractivity contribution >= 4 is 11.8 Å². The highest BCUT2D eigenvalue weighted by molar-refractivity contribution is 8.03. The van der Waals surface area contributed by atoms with Gasteiger partial charge in [-0.2, -0.15) is 0 Å². The Bertz CT molecular complexity index is 266. The summed E-state index contributed by atoms with van der Waals surface area (Å²) < 4.78 is 5.31. The molecule has 2 aliphatic rings. The predicted molar refractivity (Wildman–Crippen MR) is 49.2 cm³/mol. The van der Waals surface area contributed by atoms with Crippen LogP contribution in [0.3, 0.4) is 0 Å². The van der Waals surface area contributed by atoms with Gasteiger partial charge in [0.1, 0.15) is 5.44 Å². The van der Waals surface area contributed by atoms with E-state index in [1.807, 2.05) is 6.08 Å². The molecule has 2 rings (SSSR count). The number of thioether (sulfide) groups is 1. The van der Waals surface area contributed by atoms with Gasteiger partial charge >= 0.3 is 0 Å². The van der Waals surface area contributed by atoms with Crippen molar-refractivity contribution in [3.05, 3.63) is 23.0 Å². The zero-order valence-corrected chi connectivity index (χ0v) is 8.02. The van der Waals surface area contributed by atoms with Gasteiger partial charge in [-0.25, -0.2) is 0 Å². The molecule has 0 spiro atoms. The molecule has 1 N–H and O–H groups in total. The van der Waals surface area contributed by atoms with E-state index >= 15 is 0 Å². The minimum Gasteiger partial charge on any atom is -0.458 e. The number of hydrogen-bond donors (Lipinski definition) is 1. The van der Waals surface area contributed by atoms with Crippen molar-refractivity contribution in [2.75, 3.05) is 0 Å². The van der Waals surface area contributed by atoms with Gasteiger partial charge in [-0.05, 0) is 18.1 Å². The van der Waals surface area contributed by atoms with Crippen molar-refractivity contribution in [1.82, 2.24) is 0 Å². The van der Waals surface area contributed by atoms with Gasteiger partial charge in [-0.3, -0.25) is 0 Å². The van der Waals surface area contributed by atoms with Crippen LogP contribution in [0.1, 0.15) is 20.3 Å². The summed E-state index contributed by atoms with van der Waals surface area (Å²) in [6.45, 7) is 4.10. The first-order valence-corrected chi connectivity index (χ1v) is 4.90. The first kappa shape index (κ1) is 8.20. The average Bonchev–Trinajstić information content (AvgIpc) is 2.25. The number of aliphatic hydroxyl groups is 1. The van der Waals surface area contributed by atoms with Gasteiger partial charge in [-0.1, -0.05) is 25.6 Å². The smallest absolute Gasteiger partial charge is 0.162 e. The van der Waals surface area contributed by atoms with Gasteiger partial charge < -0.3 is 9.84 Å². The third-order valence-electron chi connectivity index (χ3n) is 2.45. The number of aliphatic hydroxyl groups excluding tert-OH is 1. The van der Waals surface area contributed by atoms with Crippen LogP contribution in [0.4, 0.5) is 0 Å². The quantitative estimate of drug-likeness (QED) is 0.626. The molecule has 0 saturated carbocycles. The Morgan fingerprint density at radius 1 is 1.67 bits per heavy atom. The Morgan fingerprint density at radius 3 is 3.08 bits per heavy atom. The highest BCUT2D eigenvalue weighted by Crippen LogP contribution is 2.51. The summed E-state index contributed by atoms with van der Waals surface area (Å²) >= 11 is 1.42. The summed E-state index contributed by atoms with van der Waals surface area (Å²) in [7, 11) is 0. The normalized spacial score (nSPS) is 31.8. The molecule has 66 valence electrons. The van der Waals surface area contributed by atoms with Crippen LogP contribution in [0.2, 0.25) is 0 Å². The van der Waals surface area contributed by atoms with Crippen molar-refractivity contribution < 1.29 is 9.84 Å². The van der Waals surface area contributed by atoms with Crippen molar-refractivity contribution in [1.29, 1.82) is 0 Å². The number of hydrogen-bond acceptors (Lipinski definition) is 3. The van der Waals surface area contributed by atoms with E-state index in [2.05, 4.69) is 13.8 Å². The fourth-order valence-electron chi connectivity index (χ4n) is 1.45. The molecule has 2 aliphatic heterocycles. The minimum atomic E-state index is -0.359. The standard InChI is InChI=1S/C9H12O2S/c1-9(2)6-4-3-5-11-7(6)12-8(9)10/h3,5,8,10H,4H2,1-2H3. The van der Waals surface area contributed by atoms with Crippen LogP contribution in [0, 0.1) is 5.41 Å². The van der Waals surface area contributed by atoms with Crippen LogP contribution < -0.4 is 0 Å². The van der Waals surface area contributed by atoms with Gasteiger partial charge in [0.15, 0.2) is 5.09 Å². The van der Waals surface area contributed by atoms with Crippen molar-refractivity contribution in [2.45, 2.75) is 25.7 Å². The van der Waals surface area contributed by atoms with Crippen LogP contribution >= 0.6 is 11.8 Å². The Morgan fingerprint density at radius 2 is 2.42 bits per heavy atom. The highest BCUT2D eigenvalue weighted by Gasteiger charge is 2.42. The lowest BCUT2D eigenvalue weighted by Crippen LogP contribution is -2.24. The first-order valence-electron chi connectivity index (χ1n) is 4.02. The largest absolute Gasteiger partial charge is 0.458 e. The Labute approximate surface area is 76.3 Å². The summed E-state index contributed by atoms with van der Waals surface area (Å²) in [6.07, 6.45) is 4.59. The van der Waals surface area contributed by atoms with E-state index in [9.17, 15) is 5.11 Å². The van der Waals surface area contributed by atoms with Crippen LogP contribution in [0.15, 0.2) is 23.0 Å². The van der Waals surface area contributed by atoms with Crippen molar-refractivity contribution in [2.24, 2.45) is 5.41 Å². The number of rotatable bonds is 0. The van der Waals surface area contributed by atoms with Gasteiger partial charge in [0, 0.05) is 5.41 Å². The molecule has 0 aromatic carbocycles. The Hall–Kier alpha value is -0.410. The fourth-order valence-corrected chi connectivity index (χ4v) is 2.69. The van der Waals surface area contributed by atoms with Crippen molar-refractivity contribution in [3.63, 3.8) is 0 Å². The topological polar surface area (TPSA) is 29.5 Å². The Kier molecular flexibility index (Phi) is 1.73. The molecule has 0 aliphatic carbocycles. The maximum Gasteiger partial charge on any atom is 0.162 e. The molecule has 0 aromatic heterocycles. The van der Waals surface area contributed by atoms with E-state index < -0.39 is 0 Å². The second-order valence-electron chi connectivity index (χ2n) is 3.65. The van der Waals surface area contributed by atoms with E-state index in [0.29, 0.717) is 0 Å². The van der Waals surface area contributed by atoms with Crippen LogP contribution in [-0.2, 0) is 4.74 Å². The molecule has 0 radical (unpaired) electrons. The SMILES string of the molecule is CC1(C)C2=C(OC=CC2)SC1O. The maximum atomic E-state index is 9.70. The van der Waals surface area contributed by atoms with E-state index in [-0.39, 0.29) is 10.9 Å². The first-order chi connectivity index (χ1) is 5.62. The molecular weight excluding hydrogens is 172 g/mol. The summed E-state index contributed by atoms with van der Waals surface area (Å²) in [5.41, 5.74) is 0.731. The average molecular weight is 184 g/mol. The van der Waals surface area contributed by atoms with E-state index in [4.69, 9.17) is 4.74 Å². The minimum absolute atomic E-state index is 0.134. The highest BCUT2D eigenvalue weighted by atomic mass is 32.2. The molecule has 0 aromatic rings. The Balaban J connectivity index is 2.33. The monoisotopic (exact) mass is 184 g/mol. The van der Waals surface area contributed by atoms with Gasteiger partial charge in [0.05, 0.1) is 6.26 Å². The molecule has 2 nitrogen and oxygen atoms in total. The summed E-state index contributed by atoms with van der Waals surface area (Å²) in [5, 5.41) is 10.6. The summed E-state index contributed by atoms with van der Waals surface area (Å²) in [4.78, 5) is 0. The summed E-state index contributed by atoms with van der Waals surface area (Å²) in [6, 6.07) is 0. The lowest BCUT2D eigenvalue weighted by atomic mass is 9.83. The molecule has 0 saturated heterocycles. The lowest BCUT2D eigenvalue weighted by Gasteiger charge is -2.24. The predicted octanol–water partition coefficient (Wildman–Crippen LogP) is 2.22. The molecule has 1 unspecified atom stereocenters. The molecule has 0 amide bonds. The lowest BCUT2D eigenvalue weighted by molar-refractivity contribution is 0.158. The molecule has 0 bridgehead atoms. The van der Waals surface area contributed by atoms with Gasteiger partial charge in [0.2, 0.25) is 0 Å². The van der Waals surface area contributed by atoms with Crippen molar-refractivity contribution in [3.8, 4) is 0 Å². The second-order valence-corrected chi connectivity index (χ2v) is 4.70. The van der Waals surface area contributed by atoms with Crippen LogP contribution in [0.25, 0.3) is 0 Å². The molecule has 0 fully saturated rings. The molecule has 1 atom stereocenters. The van der Waals surface area contributed by atoms with E-state index in [0.717, 1.165) is 11.5 Å². The zero-order chi connectivity index (χ0) is 8.77. The second kappa shape index (κ2) is 2.54. The van der Waals surface area contributed by atoms with Crippen LogP contribution in [0.5, 0.6) is 0 Å². The van der Waals surface area contributed by atoms with Gasteiger partial charge in [0.25, 0.3) is 0 Å². The molecule has 3 heteroatoms. The van der Waals surface area contributed by atoms with Crippen LogP contribution in [-0.4, -0.2) is 10.5 Å². The molecule has 12 heavy (non-hydrogen) atoms. The number of allylic oxidation sites excluding steroid dienone is 1. The third-order valence-corrected chi connectivity index (χ3v) is 3.82. The maximum absolute atomic E-state index is 9.70. The number of ether oxygens (including phenoxy) is 1. The molecular formula is C9H12O2S. The van der Waals surface area contributed by atoms with Gasteiger partial charge in [-0.15, -0.1) is 0 Å². The molecule has 2 heterocycles. The zero-order valence-electron chi connectivity index (χ0n) is 7.20. The third kappa shape index (κ3) is 1.00. The summed E-state index contributed by atoms with van der Waals surface area (Å²) in [5.74, 6) is 0. The van der Waals surface area contributed by atoms with E-state index in [1.54, 1.807) is 6.26 Å².